The molecule has 1 aliphatic rings. The quantitative estimate of drug-likeness (QED) is 0.791. The van der Waals surface area contributed by atoms with Gasteiger partial charge in [-0.05, 0) is 30.0 Å². The number of amides is 1. The molecule has 3 aromatic rings. The Morgan fingerprint density at radius 1 is 1.38 bits per heavy atom. The van der Waals surface area contributed by atoms with Gasteiger partial charge in [0.1, 0.15) is 11.5 Å². The first kappa shape index (κ1) is 15.0. The van der Waals surface area contributed by atoms with Crippen LogP contribution in [0.3, 0.4) is 0 Å². The summed E-state index contributed by atoms with van der Waals surface area (Å²) < 4.78 is 5.81. The third-order valence-electron chi connectivity index (χ3n) is 4.36. The third-order valence-corrected chi connectivity index (χ3v) is 5.22. The van der Waals surface area contributed by atoms with E-state index in [1.807, 2.05) is 48.7 Å². The van der Waals surface area contributed by atoms with E-state index in [-0.39, 0.29) is 11.8 Å². The number of fused-ring (bicyclic) bond motifs is 1. The van der Waals surface area contributed by atoms with Crippen molar-refractivity contribution in [3.8, 4) is 10.8 Å². The van der Waals surface area contributed by atoms with Crippen LogP contribution in [0.15, 0.2) is 46.2 Å². The number of hydrogen-bond acceptors (Lipinski definition) is 5. The second-order valence-electron chi connectivity index (χ2n) is 5.89. The average Bonchev–Trinajstić information content (AvgIpc) is 3.28. The first-order valence-electron chi connectivity index (χ1n) is 7.77. The van der Waals surface area contributed by atoms with Crippen LogP contribution >= 0.6 is 11.3 Å². The number of nitrogens with two attached hydrogens (primary N) is 1. The van der Waals surface area contributed by atoms with E-state index in [4.69, 9.17) is 10.2 Å². The number of nitrogens with zero attached hydrogens (tertiary/aromatic N) is 2. The van der Waals surface area contributed by atoms with E-state index >= 15 is 0 Å². The van der Waals surface area contributed by atoms with E-state index < -0.39 is 0 Å². The highest BCUT2D eigenvalue weighted by molar-refractivity contribution is 7.13. The Kier molecular flexibility index (Phi) is 3.61. The molecule has 2 aromatic heterocycles. The van der Waals surface area contributed by atoms with Crippen molar-refractivity contribution in [2.75, 3.05) is 11.4 Å². The van der Waals surface area contributed by atoms with Gasteiger partial charge in [0.05, 0.1) is 17.3 Å². The van der Waals surface area contributed by atoms with Gasteiger partial charge in [-0.1, -0.05) is 24.3 Å². The molecule has 0 spiro atoms. The van der Waals surface area contributed by atoms with Crippen molar-refractivity contribution in [3.05, 3.63) is 58.8 Å². The number of benzene rings is 1. The number of anilines is 1. The summed E-state index contributed by atoms with van der Waals surface area (Å²) in [6.45, 7) is 3.10. The van der Waals surface area contributed by atoms with Gasteiger partial charge in [0, 0.05) is 12.2 Å². The number of carbonyl (C=O) groups is 1. The van der Waals surface area contributed by atoms with Gasteiger partial charge in [0.25, 0.3) is 0 Å². The van der Waals surface area contributed by atoms with Crippen molar-refractivity contribution >= 4 is 22.9 Å². The lowest BCUT2D eigenvalue weighted by Gasteiger charge is -2.18. The van der Waals surface area contributed by atoms with Crippen LogP contribution in [0.1, 0.15) is 22.9 Å². The van der Waals surface area contributed by atoms with Crippen LogP contribution in [0.4, 0.5) is 5.69 Å². The Balaban J connectivity index is 1.64. The monoisotopic (exact) mass is 339 g/mol. The van der Waals surface area contributed by atoms with Gasteiger partial charge < -0.3 is 15.1 Å². The van der Waals surface area contributed by atoms with Crippen LogP contribution in [-0.4, -0.2) is 17.4 Å². The molecule has 2 N–H and O–H groups in total. The number of rotatable bonds is 4. The molecular formula is C18H17N3O2S. The van der Waals surface area contributed by atoms with Gasteiger partial charge in [-0.25, -0.2) is 4.98 Å². The second-order valence-corrected chi connectivity index (χ2v) is 6.84. The number of carbonyl (C=O) groups excluding carboxylic acids is 1. The summed E-state index contributed by atoms with van der Waals surface area (Å²) in [6.07, 6.45) is 0. The molecule has 3 heterocycles. The lowest BCUT2D eigenvalue weighted by molar-refractivity contribution is -0.119. The fraction of sp³-hybridized carbons (Fsp3) is 0.222. The largest absolute Gasteiger partial charge is 0.440 e. The molecule has 0 saturated carbocycles. The van der Waals surface area contributed by atoms with Crippen LogP contribution in [0.2, 0.25) is 0 Å². The topological polar surface area (TPSA) is 72.4 Å². The summed E-state index contributed by atoms with van der Waals surface area (Å²) in [5, 5.41) is 2.00. The fourth-order valence-electron chi connectivity index (χ4n) is 3.14. The summed E-state index contributed by atoms with van der Waals surface area (Å²) in [4.78, 5) is 19.6. The van der Waals surface area contributed by atoms with Crippen LogP contribution in [0, 0.1) is 6.92 Å². The van der Waals surface area contributed by atoms with Gasteiger partial charge in [0.2, 0.25) is 11.8 Å². The number of hydrogen-bond donors (Lipinski definition) is 1. The Bertz CT molecular complexity index is 886. The summed E-state index contributed by atoms with van der Waals surface area (Å²) in [7, 11) is 0. The van der Waals surface area contributed by atoms with E-state index in [0.29, 0.717) is 19.0 Å². The molecule has 6 heteroatoms. The second kappa shape index (κ2) is 5.79. The SMILES string of the molecule is Cc1oc(-c2cccs2)nc1CN1CC(C(N)=O)c2ccccc21. The Hall–Kier alpha value is -2.60. The third kappa shape index (κ3) is 2.49. The van der Waals surface area contributed by atoms with Crippen molar-refractivity contribution in [1.82, 2.24) is 4.98 Å². The summed E-state index contributed by atoms with van der Waals surface area (Å²) in [5.41, 5.74) is 8.49. The van der Waals surface area contributed by atoms with Gasteiger partial charge >= 0.3 is 0 Å². The van der Waals surface area contributed by atoms with Crippen LogP contribution < -0.4 is 10.6 Å². The Morgan fingerprint density at radius 3 is 2.96 bits per heavy atom. The highest BCUT2D eigenvalue weighted by Gasteiger charge is 2.32. The minimum Gasteiger partial charge on any atom is -0.440 e. The van der Waals surface area contributed by atoms with Gasteiger partial charge in [-0.2, -0.15) is 0 Å². The van der Waals surface area contributed by atoms with Crippen molar-refractivity contribution < 1.29 is 9.21 Å². The molecule has 122 valence electrons. The predicted octanol–water partition coefficient (Wildman–Crippen LogP) is 3.30. The molecule has 24 heavy (non-hydrogen) atoms. The average molecular weight is 339 g/mol. The lowest BCUT2D eigenvalue weighted by Crippen LogP contribution is -2.28. The zero-order chi connectivity index (χ0) is 16.7. The number of primary amides is 1. The van der Waals surface area contributed by atoms with Crippen molar-refractivity contribution in [2.45, 2.75) is 19.4 Å². The predicted molar refractivity (Wildman–Crippen MR) is 94.0 cm³/mol. The zero-order valence-electron chi connectivity index (χ0n) is 13.2. The maximum Gasteiger partial charge on any atom is 0.236 e. The maximum absolute atomic E-state index is 11.8. The van der Waals surface area contributed by atoms with Crippen LogP contribution in [-0.2, 0) is 11.3 Å². The highest BCUT2D eigenvalue weighted by Crippen LogP contribution is 2.37. The normalized spacial score (nSPS) is 16.4. The number of thiophene rings is 1. The molecule has 5 nitrogen and oxygen atoms in total. The van der Waals surface area contributed by atoms with Gasteiger partial charge in [-0.3, -0.25) is 4.79 Å². The van der Waals surface area contributed by atoms with Crippen molar-refractivity contribution in [2.24, 2.45) is 5.73 Å². The molecule has 1 aromatic carbocycles. The minimum absolute atomic E-state index is 0.273. The van der Waals surface area contributed by atoms with E-state index in [1.54, 1.807) is 11.3 Å². The standard InChI is InChI=1S/C18H17N3O2S/c1-11-14(20-18(23-11)16-7-4-8-24-16)10-21-9-13(17(19)22)12-5-2-3-6-15(12)21/h2-8,13H,9-10H2,1H3,(H2,19,22). The molecule has 1 aliphatic heterocycles. The lowest BCUT2D eigenvalue weighted by atomic mass is 10.0. The van der Waals surface area contributed by atoms with Gasteiger partial charge in [0.15, 0.2) is 0 Å². The number of oxazole rings is 1. The van der Waals surface area contributed by atoms with Crippen LogP contribution in [0.5, 0.6) is 0 Å². The minimum atomic E-state index is -0.291. The number of aryl methyl sites for hydroxylation is 1. The molecular weight excluding hydrogens is 322 g/mol. The summed E-state index contributed by atoms with van der Waals surface area (Å²) >= 11 is 1.60. The highest BCUT2D eigenvalue weighted by atomic mass is 32.1. The van der Waals surface area contributed by atoms with Gasteiger partial charge in [-0.15, -0.1) is 11.3 Å². The van der Waals surface area contributed by atoms with E-state index in [0.717, 1.165) is 27.6 Å². The molecule has 0 radical (unpaired) electrons. The Morgan fingerprint density at radius 2 is 2.21 bits per heavy atom. The summed E-state index contributed by atoms with van der Waals surface area (Å²) in [6, 6.07) is 11.9. The summed E-state index contributed by atoms with van der Waals surface area (Å²) in [5.74, 6) is 0.890. The Labute approximate surface area is 143 Å². The molecule has 1 unspecified atom stereocenters. The van der Waals surface area contributed by atoms with E-state index in [2.05, 4.69) is 9.88 Å². The molecule has 4 rings (SSSR count). The molecule has 1 amide bonds. The van der Waals surface area contributed by atoms with E-state index in [1.165, 1.54) is 0 Å². The zero-order valence-corrected chi connectivity index (χ0v) is 14.0. The maximum atomic E-state index is 11.8. The number of aromatic nitrogens is 1. The molecule has 0 fully saturated rings. The van der Waals surface area contributed by atoms with Crippen LogP contribution in [0.25, 0.3) is 10.8 Å². The van der Waals surface area contributed by atoms with Crippen molar-refractivity contribution in [3.63, 3.8) is 0 Å². The molecule has 0 saturated heterocycles. The fourth-order valence-corrected chi connectivity index (χ4v) is 3.79. The van der Waals surface area contributed by atoms with E-state index in [9.17, 15) is 4.79 Å². The molecule has 0 aliphatic carbocycles. The van der Waals surface area contributed by atoms with Crippen molar-refractivity contribution in [1.29, 1.82) is 0 Å². The smallest absolute Gasteiger partial charge is 0.236 e. The molecule has 1 atom stereocenters. The number of para-hydroxylation sites is 1. The molecule has 0 bridgehead atoms. The first-order valence-corrected chi connectivity index (χ1v) is 8.65. The first-order chi connectivity index (χ1) is 11.6.